The van der Waals surface area contributed by atoms with Crippen molar-refractivity contribution in [1.29, 1.82) is 0 Å². The molecule has 0 saturated heterocycles. The Morgan fingerprint density at radius 3 is 2.71 bits per heavy atom. The van der Waals surface area contributed by atoms with E-state index in [1.807, 2.05) is 11.3 Å². The first-order valence-electron chi connectivity index (χ1n) is 6.19. The third-order valence-electron chi connectivity index (χ3n) is 2.34. The number of nitrogens with one attached hydrogen (secondary N) is 1. The summed E-state index contributed by atoms with van der Waals surface area (Å²) >= 11 is 7.54. The minimum Gasteiger partial charge on any atom is -0.309 e. The van der Waals surface area contributed by atoms with Crippen LogP contribution < -0.4 is 5.32 Å². The van der Waals surface area contributed by atoms with Crippen LogP contribution in [-0.4, -0.2) is 18.1 Å². The van der Waals surface area contributed by atoms with Crippen LogP contribution in [0.25, 0.3) is 0 Å². The monoisotopic (exact) mass is 335 g/mol. The van der Waals surface area contributed by atoms with Crippen molar-refractivity contribution in [3.05, 3.63) is 20.8 Å². The summed E-state index contributed by atoms with van der Waals surface area (Å²) in [5.41, 5.74) is 0. The van der Waals surface area contributed by atoms with Crippen LogP contribution in [0.4, 0.5) is 0 Å². The Morgan fingerprint density at radius 2 is 2.18 bits per heavy atom. The van der Waals surface area contributed by atoms with Crippen LogP contribution in [0.5, 0.6) is 0 Å². The predicted molar refractivity (Wildman–Crippen MR) is 85.2 cm³/mol. The fourth-order valence-electron chi connectivity index (χ4n) is 1.52. The Kier molecular flexibility index (Phi) is 7.84. The lowest BCUT2D eigenvalue weighted by atomic mass is 10.2. The van der Waals surface area contributed by atoms with Gasteiger partial charge in [-0.15, -0.1) is 11.3 Å². The maximum atomic E-state index is 3.65. The maximum absolute atomic E-state index is 3.65. The van der Waals surface area contributed by atoms with Crippen molar-refractivity contribution in [2.75, 3.05) is 18.1 Å². The van der Waals surface area contributed by atoms with Crippen LogP contribution in [0.1, 0.15) is 38.1 Å². The van der Waals surface area contributed by atoms with Crippen LogP contribution in [0.3, 0.4) is 0 Å². The average molecular weight is 336 g/mol. The molecule has 0 fully saturated rings. The molecule has 1 aromatic rings. The molecule has 1 nitrogen and oxygen atoms in total. The zero-order valence-electron chi connectivity index (χ0n) is 10.8. The van der Waals surface area contributed by atoms with Gasteiger partial charge in [-0.2, -0.15) is 11.8 Å². The zero-order valence-corrected chi connectivity index (χ0v) is 14.1. The van der Waals surface area contributed by atoms with E-state index < -0.39 is 0 Å². The molecule has 1 atom stereocenters. The summed E-state index contributed by atoms with van der Waals surface area (Å²) in [6, 6.07) is 2.64. The maximum Gasteiger partial charge on any atom is 0.0518 e. The topological polar surface area (TPSA) is 12.0 Å². The van der Waals surface area contributed by atoms with E-state index in [1.165, 1.54) is 21.5 Å². The lowest BCUT2D eigenvalue weighted by molar-refractivity contribution is 0.583. The first kappa shape index (κ1) is 15.5. The molecule has 17 heavy (non-hydrogen) atoms. The second-order valence-corrected chi connectivity index (χ2v) is 7.45. The number of halogens is 1. The smallest absolute Gasteiger partial charge is 0.0518 e. The molecule has 0 aliphatic heterocycles. The number of rotatable bonds is 8. The first-order chi connectivity index (χ1) is 8.15. The van der Waals surface area contributed by atoms with E-state index in [2.05, 4.69) is 65.2 Å². The number of hydrogen-bond donors (Lipinski definition) is 1. The summed E-state index contributed by atoms with van der Waals surface area (Å²) in [4.78, 5) is 1.44. The number of thiophene rings is 1. The molecular weight excluding hydrogens is 314 g/mol. The molecule has 0 bridgehead atoms. The largest absolute Gasteiger partial charge is 0.309 e. The van der Waals surface area contributed by atoms with Crippen LogP contribution in [0.15, 0.2) is 15.9 Å². The van der Waals surface area contributed by atoms with E-state index >= 15 is 0 Å². The third-order valence-corrected chi connectivity index (χ3v) is 5.79. The van der Waals surface area contributed by atoms with Crippen molar-refractivity contribution in [3.8, 4) is 0 Å². The highest BCUT2D eigenvalue weighted by Crippen LogP contribution is 2.31. The second kappa shape index (κ2) is 8.57. The van der Waals surface area contributed by atoms with Crippen molar-refractivity contribution >= 4 is 39.0 Å². The summed E-state index contributed by atoms with van der Waals surface area (Å²) in [5, 5.41) is 5.81. The van der Waals surface area contributed by atoms with Gasteiger partial charge in [0.25, 0.3) is 0 Å². The van der Waals surface area contributed by atoms with E-state index in [0.29, 0.717) is 6.04 Å². The van der Waals surface area contributed by atoms with Crippen LogP contribution in [0.2, 0.25) is 0 Å². The molecule has 4 heteroatoms. The molecule has 1 N–H and O–H groups in total. The SMILES string of the molecule is CCCNC(CSCC(C)C)c1sccc1Br. The molecule has 0 radical (unpaired) electrons. The van der Waals surface area contributed by atoms with Gasteiger partial charge in [0.05, 0.1) is 6.04 Å². The molecule has 0 saturated carbocycles. The Labute approximate surface area is 122 Å². The Balaban J connectivity index is 2.52. The van der Waals surface area contributed by atoms with Gasteiger partial charge in [0.15, 0.2) is 0 Å². The van der Waals surface area contributed by atoms with E-state index in [1.54, 1.807) is 0 Å². The van der Waals surface area contributed by atoms with E-state index in [9.17, 15) is 0 Å². The van der Waals surface area contributed by atoms with Crippen molar-refractivity contribution in [1.82, 2.24) is 5.32 Å². The first-order valence-corrected chi connectivity index (χ1v) is 9.01. The lowest BCUT2D eigenvalue weighted by Gasteiger charge is -2.18. The van der Waals surface area contributed by atoms with Gasteiger partial charge >= 0.3 is 0 Å². The second-order valence-electron chi connectivity index (χ2n) is 4.57. The number of thioether (sulfide) groups is 1. The fraction of sp³-hybridized carbons (Fsp3) is 0.692. The number of hydrogen-bond acceptors (Lipinski definition) is 3. The van der Waals surface area contributed by atoms with Gasteiger partial charge in [0, 0.05) is 15.1 Å². The van der Waals surface area contributed by atoms with Gasteiger partial charge in [-0.05, 0) is 52.0 Å². The van der Waals surface area contributed by atoms with Gasteiger partial charge in [-0.25, -0.2) is 0 Å². The molecule has 0 aliphatic rings. The van der Waals surface area contributed by atoms with E-state index in [0.717, 1.165) is 18.2 Å². The van der Waals surface area contributed by atoms with Gasteiger partial charge < -0.3 is 5.32 Å². The Hall–Kier alpha value is 0.490. The van der Waals surface area contributed by atoms with Crippen LogP contribution in [-0.2, 0) is 0 Å². The molecule has 0 aliphatic carbocycles. The predicted octanol–water partition coefficient (Wildman–Crippen LogP) is 4.94. The molecule has 1 heterocycles. The van der Waals surface area contributed by atoms with E-state index in [-0.39, 0.29) is 0 Å². The lowest BCUT2D eigenvalue weighted by Crippen LogP contribution is -2.24. The molecule has 1 rings (SSSR count). The summed E-state index contributed by atoms with van der Waals surface area (Å²) in [7, 11) is 0. The van der Waals surface area contributed by atoms with Gasteiger partial charge in [-0.1, -0.05) is 20.8 Å². The highest BCUT2D eigenvalue weighted by molar-refractivity contribution is 9.10. The normalized spacial score (nSPS) is 13.2. The third kappa shape index (κ3) is 5.77. The fourth-order valence-corrected chi connectivity index (χ4v) is 4.48. The quantitative estimate of drug-likeness (QED) is 0.721. The molecule has 1 aromatic heterocycles. The summed E-state index contributed by atoms with van der Waals surface area (Å²) in [6.07, 6.45) is 1.19. The summed E-state index contributed by atoms with van der Waals surface area (Å²) in [6.45, 7) is 7.87. The molecular formula is C13H22BrNS2. The summed E-state index contributed by atoms with van der Waals surface area (Å²) < 4.78 is 1.25. The van der Waals surface area contributed by atoms with Gasteiger partial charge in [0.2, 0.25) is 0 Å². The van der Waals surface area contributed by atoms with Gasteiger partial charge in [0.1, 0.15) is 0 Å². The van der Waals surface area contributed by atoms with Crippen LogP contribution >= 0.6 is 39.0 Å². The zero-order chi connectivity index (χ0) is 12.7. The van der Waals surface area contributed by atoms with Crippen molar-refractivity contribution in [2.24, 2.45) is 5.92 Å². The van der Waals surface area contributed by atoms with Gasteiger partial charge in [-0.3, -0.25) is 0 Å². The van der Waals surface area contributed by atoms with E-state index in [4.69, 9.17) is 0 Å². The van der Waals surface area contributed by atoms with Crippen molar-refractivity contribution in [2.45, 2.75) is 33.2 Å². The highest BCUT2D eigenvalue weighted by atomic mass is 79.9. The van der Waals surface area contributed by atoms with Crippen molar-refractivity contribution < 1.29 is 0 Å². The average Bonchev–Trinajstić information content (AvgIpc) is 2.69. The minimum absolute atomic E-state index is 0.494. The standard InChI is InChI=1S/C13H22BrNS2/c1-4-6-15-12(9-16-8-10(2)3)13-11(14)5-7-17-13/h5,7,10,12,15H,4,6,8-9H2,1-3H3. The van der Waals surface area contributed by atoms with Crippen molar-refractivity contribution in [3.63, 3.8) is 0 Å². The summed E-state index contributed by atoms with van der Waals surface area (Å²) in [5.74, 6) is 3.18. The molecule has 0 amide bonds. The Morgan fingerprint density at radius 1 is 1.41 bits per heavy atom. The van der Waals surface area contributed by atoms with Crippen LogP contribution in [0, 0.1) is 5.92 Å². The molecule has 98 valence electrons. The molecule has 1 unspecified atom stereocenters. The molecule has 0 aromatic carbocycles. The Bertz CT molecular complexity index is 312. The molecule has 0 spiro atoms. The minimum atomic E-state index is 0.494. The highest BCUT2D eigenvalue weighted by Gasteiger charge is 2.15.